The van der Waals surface area contributed by atoms with Crippen molar-refractivity contribution < 1.29 is 0 Å². The zero-order valence-electron chi connectivity index (χ0n) is 15.4. The summed E-state index contributed by atoms with van der Waals surface area (Å²) in [6.07, 6.45) is 3.48. The third-order valence-electron chi connectivity index (χ3n) is 5.21. The first kappa shape index (κ1) is 17.5. The minimum atomic E-state index is 0.165. The van der Waals surface area contributed by atoms with Crippen molar-refractivity contribution in [1.29, 1.82) is 0 Å². The molecule has 0 unspecified atom stereocenters. The van der Waals surface area contributed by atoms with Crippen molar-refractivity contribution in [1.82, 2.24) is 0 Å². The molecule has 3 aromatic carbocycles. The smallest absolute Gasteiger partial charge is 0.00977 e. The second-order valence-corrected chi connectivity index (χ2v) is 7.59. The number of hydrogen-bond donors (Lipinski definition) is 0. The maximum atomic E-state index is 2.38. The van der Waals surface area contributed by atoms with E-state index in [9.17, 15) is 0 Å². The lowest BCUT2D eigenvalue weighted by Crippen LogP contribution is -2.21. The van der Waals surface area contributed by atoms with Gasteiger partial charge in [0.1, 0.15) is 0 Å². The Morgan fingerprint density at radius 3 is 1.80 bits per heavy atom. The molecule has 0 aromatic heterocycles. The first-order chi connectivity index (χ1) is 12.1. The summed E-state index contributed by atoms with van der Waals surface area (Å²) in [5, 5.41) is 0. The van der Waals surface area contributed by atoms with E-state index in [-0.39, 0.29) is 5.41 Å². The predicted molar refractivity (Wildman–Crippen MR) is 108 cm³/mol. The fraction of sp³-hybridized carbons (Fsp3) is 0.280. The highest BCUT2D eigenvalue weighted by Crippen LogP contribution is 2.37. The van der Waals surface area contributed by atoms with E-state index in [1.54, 1.807) is 0 Å². The second-order valence-electron chi connectivity index (χ2n) is 7.59. The Labute approximate surface area is 152 Å². The van der Waals surface area contributed by atoms with Gasteiger partial charge in [-0.15, -0.1) is 0 Å². The Bertz CT molecular complexity index is 742. The molecule has 128 valence electrons. The van der Waals surface area contributed by atoms with Crippen molar-refractivity contribution in [2.24, 2.45) is 0 Å². The van der Waals surface area contributed by atoms with E-state index in [0.717, 1.165) is 12.8 Å². The lowest BCUT2D eigenvalue weighted by molar-refractivity contribution is 0.409. The number of rotatable bonds is 7. The van der Waals surface area contributed by atoms with E-state index in [2.05, 4.69) is 105 Å². The Balaban J connectivity index is 1.79. The van der Waals surface area contributed by atoms with Crippen molar-refractivity contribution in [2.45, 2.75) is 44.4 Å². The van der Waals surface area contributed by atoms with Crippen molar-refractivity contribution in [3.05, 3.63) is 108 Å². The average molecular weight is 328 g/mol. The van der Waals surface area contributed by atoms with Crippen LogP contribution in [-0.4, -0.2) is 0 Å². The average Bonchev–Trinajstić information content (AvgIpc) is 2.67. The zero-order valence-corrected chi connectivity index (χ0v) is 15.4. The third-order valence-corrected chi connectivity index (χ3v) is 5.21. The molecule has 0 bridgehead atoms. The molecule has 0 aliphatic rings. The van der Waals surface area contributed by atoms with Crippen LogP contribution in [0.4, 0.5) is 0 Å². The van der Waals surface area contributed by atoms with E-state index >= 15 is 0 Å². The molecule has 0 aliphatic heterocycles. The van der Waals surface area contributed by atoms with Crippen molar-refractivity contribution in [3.8, 4) is 0 Å². The molecule has 0 aliphatic carbocycles. The summed E-state index contributed by atoms with van der Waals surface area (Å²) < 4.78 is 0. The molecule has 0 nitrogen and oxygen atoms in total. The predicted octanol–water partition coefficient (Wildman–Crippen LogP) is 6.77. The molecule has 0 heterocycles. The van der Waals surface area contributed by atoms with Crippen LogP contribution in [0.25, 0.3) is 0 Å². The first-order valence-corrected chi connectivity index (χ1v) is 9.29. The van der Waals surface area contributed by atoms with E-state index in [1.165, 1.54) is 23.1 Å². The van der Waals surface area contributed by atoms with E-state index in [4.69, 9.17) is 0 Å². The van der Waals surface area contributed by atoms with Gasteiger partial charge in [0.15, 0.2) is 0 Å². The van der Waals surface area contributed by atoms with E-state index in [0.29, 0.717) is 5.92 Å². The maximum Gasteiger partial charge on any atom is -0.00977 e. The molecule has 0 spiro atoms. The molecule has 1 atom stereocenters. The van der Waals surface area contributed by atoms with E-state index in [1.807, 2.05) is 0 Å². The van der Waals surface area contributed by atoms with Crippen LogP contribution in [0.3, 0.4) is 0 Å². The van der Waals surface area contributed by atoms with Gasteiger partial charge < -0.3 is 0 Å². The molecule has 0 saturated heterocycles. The molecule has 3 rings (SSSR count). The minimum Gasteiger partial charge on any atom is -0.0622 e. The molecule has 0 fully saturated rings. The monoisotopic (exact) mass is 328 g/mol. The molecule has 0 radical (unpaired) electrons. The maximum absolute atomic E-state index is 2.38. The second kappa shape index (κ2) is 8.16. The van der Waals surface area contributed by atoms with Crippen LogP contribution < -0.4 is 0 Å². The summed E-state index contributed by atoms with van der Waals surface area (Å²) in [6, 6.07) is 32.8. The number of hydrogen-bond acceptors (Lipinski definition) is 0. The fourth-order valence-corrected chi connectivity index (χ4v) is 3.72. The van der Waals surface area contributed by atoms with Gasteiger partial charge in [0.2, 0.25) is 0 Å². The highest BCUT2D eigenvalue weighted by molar-refractivity contribution is 5.27. The van der Waals surface area contributed by atoms with Crippen LogP contribution in [0.1, 0.15) is 49.3 Å². The van der Waals surface area contributed by atoms with Gasteiger partial charge in [-0.1, -0.05) is 105 Å². The van der Waals surface area contributed by atoms with Crippen LogP contribution in [-0.2, 0) is 11.8 Å². The molecule has 0 N–H and O–H groups in total. The summed E-state index contributed by atoms with van der Waals surface area (Å²) in [7, 11) is 0. The van der Waals surface area contributed by atoms with Crippen LogP contribution in [0.5, 0.6) is 0 Å². The summed E-state index contributed by atoms with van der Waals surface area (Å²) in [4.78, 5) is 0. The Kier molecular flexibility index (Phi) is 5.71. The zero-order chi connectivity index (χ0) is 17.5. The molecule has 3 aromatic rings. The quantitative estimate of drug-likeness (QED) is 0.449. The van der Waals surface area contributed by atoms with Gasteiger partial charge in [-0.25, -0.2) is 0 Å². The molecule has 0 heteroatoms. The van der Waals surface area contributed by atoms with Crippen LogP contribution in [0.2, 0.25) is 0 Å². The normalized spacial score (nSPS) is 12.7. The SMILES string of the molecule is CC(C)(C[C@H](CCc1ccccc1)c1ccccc1)c1ccccc1. The van der Waals surface area contributed by atoms with Crippen LogP contribution in [0.15, 0.2) is 91.0 Å². The number of aryl methyl sites for hydroxylation is 1. The molecular weight excluding hydrogens is 300 g/mol. The topological polar surface area (TPSA) is 0 Å². The Morgan fingerprint density at radius 2 is 1.20 bits per heavy atom. The van der Waals surface area contributed by atoms with Crippen LogP contribution >= 0.6 is 0 Å². The van der Waals surface area contributed by atoms with Gasteiger partial charge in [-0.2, -0.15) is 0 Å². The summed E-state index contributed by atoms with van der Waals surface area (Å²) in [5.74, 6) is 0.566. The third kappa shape index (κ3) is 4.82. The molecule has 0 amide bonds. The Morgan fingerprint density at radius 1 is 0.680 bits per heavy atom. The highest BCUT2D eigenvalue weighted by Gasteiger charge is 2.26. The summed E-state index contributed by atoms with van der Waals surface area (Å²) in [6.45, 7) is 4.75. The molecular formula is C25H28. The van der Waals surface area contributed by atoms with Gasteiger partial charge in [-0.3, -0.25) is 0 Å². The first-order valence-electron chi connectivity index (χ1n) is 9.29. The largest absolute Gasteiger partial charge is 0.0622 e. The van der Waals surface area contributed by atoms with Gasteiger partial charge in [0.25, 0.3) is 0 Å². The van der Waals surface area contributed by atoms with Crippen molar-refractivity contribution >= 4 is 0 Å². The summed E-state index contributed by atoms with van der Waals surface area (Å²) in [5.41, 5.74) is 4.48. The van der Waals surface area contributed by atoms with Crippen molar-refractivity contribution in [2.75, 3.05) is 0 Å². The van der Waals surface area contributed by atoms with Crippen molar-refractivity contribution in [3.63, 3.8) is 0 Å². The lowest BCUT2D eigenvalue weighted by Gasteiger charge is -2.31. The minimum absolute atomic E-state index is 0.165. The van der Waals surface area contributed by atoms with Gasteiger partial charge >= 0.3 is 0 Å². The Hall–Kier alpha value is -2.34. The van der Waals surface area contributed by atoms with Crippen LogP contribution in [0, 0.1) is 0 Å². The van der Waals surface area contributed by atoms with Gasteiger partial charge in [0.05, 0.1) is 0 Å². The standard InChI is InChI=1S/C25H28/c1-25(2,24-16-10-5-11-17-24)20-23(22-14-8-4-9-15-22)19-18-21-12-6-3-7-13-21/h3-17,23H,18-20H2,1-2H3/t23-/m0/s1. The molecule has 0 saturated carbocycles. The van der Waals surface area contributed by atoms with E-state index < -0.39 is 0 Å². The summed E-state index contributed by atoms with van der Waals surface area (Å²) >= 11 is 0. The fourth-order valence-electron chi connectivity index (χ4n) is 3.72. The lowest BCUT2D eigenvalue weighted by atomic mass is 9.74. The highest BCUT2D eigenvalue weighted by atomic mass is 14.3. The van der Waals surface area contributed by atoms with Gasteiger partial charge in [-0.05, 0) is 47.3 Å². The van der Waals surface area contributed by atoms with Gasteiger partial charge in [0, 0.05) is 0 Å². The molecule has 25 heavy (non-hydrogen) atoms. The number of benzene rings is 3.